The van der Waals surface area contributed by atoms with E-state index in [4.69, 9.17) is 0 Å². The van der Waals surface area contributed by atoms with Gasteiger partial charge in [0.15, 0.2) is 0 Å². The molecule has 1 aliphatic rings. The molecule has 0 aromatic carbocycles. The molecular formula is C11H14N2O2. The Morgan fingerprint density at radius 3 is 2.93 bits per heavy atom. The van der Waals surface area contributed by atoms with Gasteiger partial charge in [-0.05, 0) is 25.0 Å². The first kappa shape index (κ1) is 10.1. The molecule has 1 fully saturated rings. The van der Waals surface area contributed by atoms with Crippen LogP contribution in [0.25, 0.3) is 0 Å². The highest BCUT2D eigenvalue weighted by Crippen LogP contribution is 2.18. The number of methoxy groups -OCH3 is 1. The zero-order chi connectivity index (χ0) is 10.7. The van der Waals surface area contributed by atoms with Gasteiger partial charge >= 0.3 is 5.97 Å². The molecule has 1 heterocycles. The van der Waals surface area contributed by atoms with Crippen LogP contribution in [0.4, 0.5) is 0 Å². The maximum absolute atomic E-state index is 11.1. The van der Waals surface area contributed by atoms with Crippen molar-refractivity contribution in [2.24, 2.45) is 0 Å². The minimum Gasteiger partial charge on any atom is -0.465 e. The third-order valence-corrected chi connectivity index (χ3v) is 2.40. The van der Waals surface area contributed by atoms with Crippen molar-refractivity contribution in [1.29, 1.82) is 0 Å². The molecule has 1 N–H and O–H groups in total. The second kappa shape index (κ2) is 4.40. The van der Waals surface area contributed by atoms with E-state index in [9.17, 15) is 4.79 Å². The van der Waals surface area contributed by atoms with E-state index in [1.165, 1.54) is 20.0 Å². The first-order valence-corrected chi connectivity index (χ1v) is 5.06. The van der Waals surface area contributed by atoms with Gasteiger partial charge in [-0.2, -0.15) is 0 Å². The Balaban J connectivity index is 1.93. The number of nitrogens with one attached hydrogen (secondary N) is 1. The van der Waals surface area contributed by atoms with Gasteiger partial charge in [-0.25, -0.2) is 4.79 Å². The van der Waals surface area contributed by atoms with E-state index < -0.39 is 0 Å². The van der Waals surface area contributed by atoms with Crippen molar-refractivity contribution in [3.05, 3.63) is 29.6 Å². The molecule has 0 spiro atoms. The molecule has 1 aromatic heterocycles. The maximum Gasteiger partial charge on any atom is 0.339 e. The quantitative estimate of drug-likeness (QED) is 0.750. The summed E-state index contributed by atoms with van der Waals surface area (Å²) in [4.78, 5) is 15.3. The van der Waals surface area contributed by atoms with Crippen LogP contribution < -0.4 is 5.32 Å². The predicted octanol–water partition coefficient (Wildman–Crippen LogP) is 1.12. The van der Waals surface area contributed by atoms with E-state index in [1.54, 1.807) is 12.3 Å². The van der Waals surface area contributed by atoms with Gasteiger partial charge in [0.25, 0.3) is 0 Å². The van der Waals surface area contributed by atoms with Gasteiger partial charge in [-0.3, -0.25) is 4.98 Å². The van der Waals surface area contributed by atoms with Crippen LogP contribution in [0.1, 0.15) is 28.9 Å². The molecule has 0 saturated heterocycles. The Morgan fingerprint density at radius 1 is 1.60 bits per heavy atom. The fraction of sp³-hybridized carbons (Fsp3) is 0.455. The van der Waals surface area contributed by atoms with Crippen molar-refractivity contribution in [2.45, 2.75) is 25.4 Å². The molecule has 15 heavy (non-hydrogen) atoms. The van der Waals surface area contributed by atoms with Crippen LogP contribution in [-0.4, -0.2) is 24.1 Å². The third-order valence-electron chi connectivity index (χ3n) is 2.40. The third kappa shape index (κ3) is 2.76. The van der Waals surface area contributed by atoms with Crippen molar-refractivity contribution in [2.75, 3.05) is 7.11 Å². The van der Waals surface area contributed by atoms with Crippen molar-refractivity contribution < 1.29 is 9.53 Å². The summed E-state index contributed by atoms with van der Waals surface area (Å²) in [6.45, 7) is 0.770. The highest BCUT2D eigenvalue weighted by molar-refractivity contribution is 5.88. The first-order chi connectivity index (χ1) is 7.29. The fourth-order valence-electron chi connectivity index (χ4n) is 1.30. The molecule has 1 aromatic rings. The largest absolute Gasteiger partial charge is 0.465 e. The Morgan fingerprint density at radius 2 is 2.40 bits per heavy atom. The lowest BCUT2D eigenvalue weighted by Gasteiger charge is -2.03. The molecule has 4 nitrogen and oxygen atoms in total. The Bertz CT molecular complexity index is 344. The van der Waals surface area contributed by atoms with Crippen LogP contribution >= 0.6 is 0 Å². The summed E-state index contributed by atoms with van der Waals surface area (Å²) in [6.07, 6.45) is 4.08. The minimum absolute atomic E-state index is 0.343. The van der Waals surface area contributed by atoms with E-state index in [-0.39, 0.29) is 5.97 Å². The topological polar surface area (TPSA) is 51.2 Å². The molecule has 0 bridgehead atoms. The van der Waals surface area contributed by atoms with Gasteiger partial charge in [0.05, 0.1) is 18.4 Å². The number of rotatable bonds is 4. The molecule has 0 amide bonds. The number of ether oxygens (including phenoxy) is 1. The number of carbonyl (C=O) groups excluding carboxylic acids is 1. The molecule has 4 heteroatoms. The van der Waals surface area contributed by atoms with Crippen molar-refractivity contribution in [3.63, 3.8) is 0 Å². The molecule has 0 aliphatic heterocycles. The summed E-state index contributed by atoms with van der Waals surface area (Å²) < 4.78 is 4.59. The van der Waals surface area contributed by atoms with Crippen LogP contribution in [0.2, 0.25) is 0 Å². The van der Waals surface area contributed by atoms with Gasteiger partial charge in [-0.15, -0.1) is 0 Å². The monoisotopic (exact) mass is 206 g/mol. The number of hydrogen-bond acceptors (Lipinski definition) is 4. The zero-order valence-electron chi connectivity index (χ0n) is 8.69. The standard InChI is InChI=1S/C11H14N2O2/c1-15-11(14)8-2-3-10(12-6-8)7-13-9-4-5-9/h2-3,6,9,13H,4-5,7H2,1H3. The Hall–Kier alpha value is -1.42. The smallest absolute Gasteiger partial charge is 0.339 e. The Labute approximate surface area is 88.7 Å². The minimum atomic E-state index is -0.343. The van der Waals surface area contributed by atoms with E-state index in [0.29, 0.717) is 11.6 Å². The van der Waals surface area contributed by atoms with Gasteiger partial charge in [-0.1, -0.05) is 0 Å². The molecular weight excluding hydrogens is 192 g/mol. The molecule has 1 saturated carbocycles. The lowest BCUT2D eigenvalue weighted by Crippen LogP contribution is -2.16. The summed E-state index contributed by atoms with van der Waals surface area (Å²) in [5, 5.41) is 3.36. The van der Waals surface area contributed by atoms with Gasteiger partial charge in [0.2, 0.25) is 0 Å². The number of aromatic nitrogens is 1. The molecule has 2 rings (SSSR count). The summed E-state index contributed by atoms with van der Waals surface area (Å²) in [5.41, 5.74) is 1.45. The predicted molar refractivity (Wildman–Crippen MR) is 55.4 cm³/mol. The van der Waals surface area contributed by atoms with Crippen molar-refractivity contribution in [1.82, 2.24) is 10.3 Å². The lowest BCUT2D eigenvalue weighted by atomic mass is 10.2. The average molecular weight is 206 g/mol. The summed E-state index contributed by atoms with van der Waals surface area (Å²) in [5.74, 6) is -0.343. The number of carbonyl (C=O) groups is 1. The summed E-state index contributed by atoms with van der Waals surface area (Å²) >= 11 is 0. The summed E-state index contributed by atoms with van der Waals surface area (Å²) in [7, 11) is 1.37. The van der Waals surface area contributed by atoms with Crippen molar-refractivity contribution >= 4 is 5.97 Å². The number of esters is 1. The molecule has 80 valence electrons. The van der Waals surface area contributed by atoms with E-state index >= 15 is 0 Å². The van der Waals surface area contributed by atoms with Gasteiger partial charge < -0.3 is 10.1 Å². The molecule has 1 aliphatic carbocycles. The molecule has 0 atom stereocenters. The number of nitrogens with zero attached hydrogens (tertiary/aromatic N) is 1. The average Bonchev–Trinajstić information content (AvgIpc) is 3.10. The molecule has 0 radical (unpaired) electrons. The summed E-state index contributed by atoms with van der Waals surface area (Å²) in [6, 6.07) is 4.26. The normalized spacial score (nSPS) is 15.0. The lowest BCUT2D eigenvalue weighted by molar-refractivity contribution is 0.0600. The maximum atomic E-state index is 11.1. The highest BCUT2D eigenvalue weighted by Gasteiger charge is 2.20. The molecule has 0 unspecified atom stereocenters. The van der Waals surface area contributed by atoms with Crippen LogP contribution in [0.15, 0.2) is 18.3 Å². The number of pyridine rings is 1. The zero-order valence-corrected chi connectivity index (χ0v) is 8.69. The van der Waals surface area contributed by atoms with Gasteiger partial charge in [0.1, 0.15) is 0 Å². The first-order valence-electron chi connectivity index (χ1n) is 5.06. The van der Waals surface area contributed by atoms with Crippen molar-refractivity contribution in [3.8, 4) is 0 Å². The number of hydrogen-bond donors (Lipinski definition) is 1. The van der Waals surface area contributed by atoms with Crippen LogP contribution in [0, 0.1) is 0 Å². The second-order valence-corrected chi connectivity index (χ2v) is 3.68. The van der Waals surface area contributed by atoms with E-state index in [2.05, 4.69) is 15.0 Å². The van der Waals surface area contributed by atoms with Gasteiger partial charge in [0, 0.05) is 18.8 Å². The fourth-order valence-corrected chi connectivity index (χ4v) is 1.30. The van der Waals surface area contributed by atoms with E-state index in [0.717, 1.165) is 12.2 Å². The van der Waals surface area contributed by atoms with Crippen LogP contribution in [-0.2, 0) is 11.3 Å². The van der Waals surface area contributed by atoms with Crippen LogP contribution in [0.3, 0.4) is 0 Å². The van der Waals surface area contributed by atoms with E-state index in [1.807, 2.05) is 6.07 Å². The SMILES string of the molecule is COC(=O)c1ccc(CNC2CC2)nc1. The van der Waals surface area contributed by atoms with Crippen LogP contribution in [0.5, 0.6) is 0 Å². The highest BCUT2D eigenvalue weighted by atomic mass is 16.5. The second-order valence-electron chi connectivity index (χ2n) is 3.68. The Kier molecular flexibility index (Phi) is 2.97.